The molecule has 2 amide bonds. The van der Waals surface area contributed by atoms with Crippen LogP contribution < -0.4 is 5.32 Å². The number of benzene rings is 1. The van der Waals surface area contributed by atoms with Crippen LogP contribution in [0.2, 0.25) is 0 Å². The van der Waals surface area contributed by atoms with Gasteiger partial charge in [-0.3, -0.25) is 9.59 Å². The largest absolute Gasteiger partial charge is 0.350 e. The summed E-state index contributed by atoms with van der Waals surface area (Å²) in [5, 5.41) is 2.86. The van der Waals surface area contributed by atoms with Crippen molar-refractivity contribution < 1.29 is 14.0 Å². The van der Waals surface area contributed by atoms with E-state index in [0.717, 1.165) is 18.4 Å². The highest BCUT2D eigenvalue weighted by atomic mass is 19.1. The molecule has 0 aromatic heterocycles. The summed E-state index contributed by atoms with van der Waals surface area (Å²) in [4.78, 5) is 26.0. The Bertz CT molecular complexity index is 560. The maximum absolute atomic E-state index is 13.2. The van der Waals surface area contributed by atoms with E-state index in [0.29, 0.717) is 31.5 Å². The Balaban J connectivity index is 1.93. The van der Waals surface area contributed by atoms with Crippen LogP contribution in [-0.2, 0) is 16.1 Å². The highest BCUT2D eigenvalue weighted by Crippen LogP contribution is 2.19. The normalized spacial score (nSPS) is 17.6. The van der Waals surface area contributed by atoms with Crippen LogP contribution >= 0.6 is 0 Å². The molecule has 1 atom stereocenters. The molecule has 1 saturated heterocycles. The Hall–Kier alpha value is -1.91. The third-order valence-electron chi connectivity index (χ3n) is 4.03. The number of hydrogen-bond donors (Lipinski definition) is 1. The van der Waals surface area contributed by atoms with E-state index in [1.165, 1.54) is 6.07 Å². The highest BCUT2D eigenvalue weighted by Gasteiger charge is 2.33. The minimum absolute atomic E-state index is 0.0535. The van der Waals surface area contributed by atoms with E-state index in [1.807, 2.05) is 6.92 Å². The molecule has 2 rings (SSSR count). The maximum Gasteiger partial charge on any atom is 0.243 e. The lowest BCUT2D eigenvalue weighted by Gasteiger charge is -2.24. The van der Waals surface area contributed by atoms with Gasteiger partial charge in [0.1, 0.15) is 11.9 Å². The smallest absolute Gasteiger partial charge is 0.243 e. The molecule has 0 spiro atoms. The summed E-state index contributed by atoms with van der Waals surface area (Å²) in [7, 11) is 0. The van der Waals surface area contributed by atoms with Crippen LogP contribution in [0.3, 0.4) is 0 Å². The average Bonchev–Trinajstić information content (AvgIpc) is 2.98. The zero-order chi connectivity index (χ0) is 16.1. The van der Waals surface area contributed by atoms with Crippen molar-refractivity contribution in [2.24, 2.45) is 0 Å². The molecule has 1 fully saturated rings. The summed E-state index contributed by atoms with van der Waals surface area (Å²) >= 11 is 0. The van der Waals surface area contributed by atoms with Gasteiger partial charge in [0, 0.05) is 19.5 Å². The molecule has 1 aliphatic rings. The fraction of sp³-hybridized carbons (Fsp3) is 0.529. The Kier molecular flexibility index (Phi) is 5.52. The molecule has 5 heteroatoms. The second-order valence-corrected chi connectivity index (χ2v) is 5.80. The van der Waals surface area contributed by atoms with Crippen molar-refractivity contribution in [2.45, 2.75) is 52.1 Å². The number of likely N-dealkylation sites (tertiary alicyclic amines) is 1. The van der Waals surface area contributed by atoms with E-state index in [-0.39, 0.29) is 23.7 Å². The number of amides is 2. The first-order valence-corrected chi connectivity index (χ1v) is 7.85. The van der Waals surface area contributed by atoms with Gasteiger partial charge in [0.05, 0.1) is 0 Å². The first kappa shape index (κ1) is 16.5. The molecular weight excluding hydrogens is 283 g/mol. The highest BCUT2D eigenvalue weighted by molar-refractivity contribution is 5.88. The number of halogens is 1. The standard InChI is InChI=1S/C17H23FN2O2/c1-3-5-16(21)20-9-4-6-15(20)17(22)19-11-13-7-8-14(18)12(2)10-13/h7-8,10,15H,3-6,9,11H2,1-2H3,(H,19,22). The van der Waals surface area contributed by atoms with Crippen LogP contribution in [0.1, 0.15) is 43.7 Å². The lowest BCUT2D eigenvalue weighted by atomic mass is 10.1. The summed E-state index contributed by atoms with van der Waals surface area (Å²) in [5.41, 5.74) is 1.42. The third kappa shape index (κ3) is 3.84. The van der Waals surface area contributed by atoms with E-state index in [2.05, 4.69) is 5.32 Å². The first-order valence-electron chi connectivity index (χ1n) is 7.85. The predicted octanol–water partition coefficient (Wildman–Crippen LogP) is 2.54. The Morgan fingerprint density at radius 2 is 2.18 bits per heavy atom. The van der Waals surface area contributed by atoms with Gasteiger partial charge >= 0.3 is 0 Å². The molecule has 1 aliphatic heterocycles. The van der Waals surface area contributed by atoms with Crippen LogP contribution in [0.25, 0.3) is 0 Å². The van der Waals surface area contributed by atoms with Gasteiger partial charge in [0.15, 0.2) is 0 Å². The second kappa shape index (κ2) is 7.38. The zero-order valence-corrected chi connectivity index (χ0v) is 13.2. The summed E-state index contributed by atoms with van der Waals surface area (Å²) in [6.07, 6.45) is 2.85. The molecule has 0 saturated carbocycles. The number of aryl methyl sites for hydroxylation is 1. The van der Waals surface area contributed by atoms with Crippen LogP contribution in [0, 0.1) is 12.7 Å². The van der Waals surface area contributed by atoms with Crippen molar-refractivity contribution in [3.8, 4) is 0 Å². The van der Waals surface area contributed by atoms with Gasteiger partial charge < -0.3 is 10.2 Å². The van der Waals surface area contributed by atoms with E-state index in [4.69, 9.17) is 0 Å². The van der Waals surface area contributed by atoms with Gasteiger partial charge in [-0.1, -0.05) is 19.1 Å². The van der Waals surface area contributed by atoms with E-state index >= 15 is 0 Å². The van der Waals surface area contributed by atoms with Gasteiger partial charge in [-0.15, -0.1) is 0 Å². The molecule has 0 aliphatic carbocycles. The molecule has 1 aromatic carbocycles. The molecular formula is C17H23FN2O2. The summed E-state index contributed by atoms with van der Waals surface area (Å²) in [6.45, 7) is 4.67. The molecule has 0 radical (unpaired) electrons. The Morgan fingerprint density at radius 1 is 1.41 bits per heavy atom. The lowest BCUT2D eigenvalue weighted by Crippen LogP contribution is -2.45. The predicted molar refractivity (Wildman–Crippen MR) is 82.6 cm³/mol. The van der Waals surface area contributed by atoms with Crippen molar-refractivity contribution in [3.63, 3.8) is 0 Å². The minimum Gasteiger partial charge on any atom is -0.350 e. The number of carbonyl (C=O) groups is 2. The molecule has 120 valence electrons. The number of rotatable bonds is 5. The van der Waals surface area contributed by atoms with Crippen molar-refractivity contribution in [1.29, 1.82) is 0 Å². The first-order chi connectivity index (χ1) is 10.5. The summed E-state index contributed by atoms with van der Waals surface area (Å²) in [5.74, 6) is -0.316. The van der Waals surface area contributed by atoms with Gasteiger partial charge in [0.25, 0.3) is 0 Å². The van der Waals surface area contributed by atoms with E-state index < -0.39 is 0 Å². The SMILES string of the molecule is CCCC(=O)N1CCCC1C(=O)NCc1ccc(F)c(C)c1. The number of carbonyl (C=O) groups excluding carboxylic acids is 2. The monoisotopic (exact) mass is 306 g/mol. The molecule has 1 aromatic rings. The van der Waals surface area contributed by atoms with Crippen LogP contribution in [0.15, 0.2) is 18.2 Å². The van der Waals surface area contributed by atoms with Crippen LogP contribution in [0.4, 0.5) is 4.39 Å². The van der Waals surface area contributed by atoms with Crippen molar-refractivity contribution >= 4 is 11.8 Å². The van der Waals surface area contributed by atoms with Gasteiger partial charge in [-0.2, -0.15) is 0 Å². The lowest BCUT2D eigenvalue weighted by molar-refractivity contribution is -0.138. The molecule has 1 heterocycles. The molecule has 4 nitrogen and oxygen atoms in total. The average molecular weight is 306 g/mol. The fourth-order valence-electron chi connectivity index (χ4n) is 2.82. The number of nitrogens with one attached hydrogen (secondary N) is 1. The van der Waals surface area contributed by atoms with Crippen LogP contribution in [0.5, 0.6) is 0 Å². The molecule has 22 heavy (non-hydrogen) atoms. The van der Waals surface area contributed by atoms with E-state index in [9.17, 15) is 14.0 Å². The fourth-order valence-corrected chi connectivity index (χ4v) is 2.82. The molecule has 0 bridgehead atoms. The van der Waals surface area contributed by atoms with Gasteiger partial charge in [-0.05, 0) is 43.4 Å². The molecule has 1 unspecified atom stereocenters. The van der Waals surface area contributed by atoms with Crippen LogP contribution in [-0.4, -0.2) is 29.3 Å². The molecule has 1 N–H and O–H groups in total. The summed E-state index contributed by atoms with van der Waals surface area (Å²) in [6, 6.07) is 4.44. The van der Waals surface area contributed by atoms with Gasteiger partial charge in [-0.25, -0.2) is 4.39 Å². The second-order valence-electron chi connectivity index (χ2n) is 5.80. The Morgan fingerprint density at radius 3 is 2.86 bits per heavy atom. The van der Waals surface area contributed by atoms with Crippen molar-refractivity contribution in [3.05, 3.63) is 35.1 Å². The third-order valence-corrected chi connectivity index (χ3v) is 4.03. The topological polar surface area (TPSA) is 49.4 Å². The van der Waals surface area contributed by atoms with E-state index in [1.54, 1.807) is 24.0 Å². The minimum atomic E-state index is -0.361. The zero-order valence-electron chi connectivity index (χ0n) is 13.2. The maximum atomic E-state index is 13.2. The van der Waals surface area contributed by atoms with Gasteiger partial charge in [0.2, 0.25) is 11.8 Å². The Labute approximate surface area is 130 Å². The van der Waals surface area contributed by atoms with Crippen molar-refractivity contribution in [1.82, 2.24) is 10.2 Å². The number of hydrogen-bond acceptors (Lipinski definition) is 2. The number of nitrogens with zero attached hydrogens (tertiary/aromatic N) is 1. The summed E-state index contributed by atoms with van der Waals surface area (Å²) < 4.78 is 13.2. The van der Waals surface area contributed by atoms with Crippen molar-refractivity contribution in [2.75, 3.05) is 6.54 Å². The quantitative estimate of drug-likeness (QED) is 0.909.